The van der Waals surface area contributed by atoms with Crippen LogP contribution in [0.2, 0.25) is 0 Å². The molecule has 0 unspecified atom stereocenters. The van der Waals surface area contributed by atoms with Crippen molar-refractivity contribution >= 4 is 29.2 Å². The number of thiophene rings is 1. The van der Waals surface area contributed by atoms with Crippen molar-refractivity contribution in [2.75, 3.05) is 26.3 Å². The number of pyridine rings is 1. The molecule has 1 fully saturated rings. The maximum atomic E-state index is 12.8. The maximum absolute atomic E-state index is 12.8. The first-order valence-electron chi connectivity index (χ1n) is 7.57. The molecule has 0 aromatic carbocycles. The third kappa shape index (κ3) is 4.06. The fourth-order valence-electron chi connectivity index (χ4n) is 2.31. The predicted molar refractivity (Wildman–Crippen MR) is 91.4 cm³/mol. The Morgan fingerprint density at radius 2 is 2.08 bits per heavy atom. The van der Waals surface area contributed by atoms with Crippen LogP contribution >= 0.6 is 11.3 Å². The van der Waals surface area contributed by atoms with Gasteiger partial charge < -0.3 is 15.0 Å². The van der Waals surface area contributed by atoms with Crippen molar-refractivity contribution in [1.82, 2.24) is 15.2 Å². The molecule has 3 rings (SSSR count). The number of ether oxygens (including phenoxy) is 1. The topological polar surface area (TPSA) is 71.5 Å². The zero-order valence-electron chi connectivity index (χ0n) is 13.0. The van der Waals surface area contributed by atoms with Gasteiger partial charge in [-0.3, -0.25) is 14.6 Å². The molecule has 2 aromatic rings. The van der Waals surface area contributed by atoms with Gasteiger partial charge in [-0.1, -0.05) is 12.1 Å². The standard InChI is InChI=1S/C17H17N3O3S/c21-16(15-4-2-10-24-15)19-14(11-13-3-1-5-18-12-13)17(22)20-6-8-23-9-7-20/h1-5,10-12H,6-9H2,(H,19,21)/b14-11-. The van der Waals surface area contributed by atoms with Crippen LogP contribution in [0.5, 0.6) is 0 Å². The van der Waals surface area contributed by atoms with Crippen LogP contribution in [0, 0.1) is 0 Å². The molecular formula is C17H17N3O3S. The molecule has 3 heterocycles. The molecule has 1 saturated heterocycles. The van der Waals surface area contributed by atoms with Crippen LogP contribution in [0.4, 0.5) is 0 Å². The second kappa shape index (κ2) is 7.85. The second-order valence-electron chi connectivity index (χ2n) is 5.18. The molecule has 1 aliphatic heterocycles. The Morgan fingerprint density at radius 3 is 2.75 bits per heavy atom. The lowest BCUT2D eigenvalue weighted by atomic mass is 10.2. The quantitative estimate of drug-likeness (QED) is 0.859. The first-order valence-corrected chi connectivity index (χ1v) is 8.45. The summed E-state index contributed by atoms with van der Waals surface area (Å²) in [5, 5.41) is 4.56. The number of hydrogen-bond donors (Lipinski definition) is 1. The average Bonchev–Trinajstić information content (AvgIpc) is 3.17. The number of rotatable bonds is 4. The van der Waals surface area contributed by atoms with E-state index >= 15 is 0 Å². The van der Waals surface area contributed by atoms with E-state index in [2.05, 4.69) is 10.3 Å². The van der Waals surface area contributed by atoms with Crippen molar-refractivity contribution in [3.63, 3.8) is 0 Å². The van der Waals surface area contributed by atoms with Gasteiger partial charge in [0, 0.05) is 25.5 Å². The molecule has 0 radical (unpaired) electrons. The summed E-state index contributed by atoms with van der Waals surface area (Å²) in [7, 11) is 0. The van der Waals surface area contributed by atoms with Crippen molar-refractivity contribution in [2.45, 2.75) is 0 Å². The van der Waals surface area contributed by atoms with Gasteiger partial charge in [0.25, 0.3) is 11.8 Å². The molecule has 0 bridgehead atoms. The van der Waals surface area contributed by atoms with E-state index < -0.39 is 0 Å². The number of nitrogens with zero attached hydrogens (tertiary/aromatic N) is 2. The summed E-state index contributed by atoms with van der Waals surface area (Å²) in [6.07, 6.45) is 4.95. The van der Waals surface area contributed by atoms with Gasteiger partial charge in [0.1, 0.15) is 5.70 Å². The van der Waals surface area contributed by atoms with Crippen LogP contribution in [-0.2, 0) is 9.53 Å². The molecule has 2 aromatic heterocycles. The van der Waals surface area contributed by atoms with Crippen LogP contribution in [0.15, 0.2) is 47.7 Å². The third-order valence-corrected chi connectivity index (χ3v) is 4.39. The average molecular weight is 343 g/mol. The normalized spacial score (nSPS) is 15.2. The van der Waals surface area contributed by atoms with Crippen LogP contribution < -0.4 is 5.32 Å². The Labute approximate surface area is 143 Å². The zero-order chi connectivity index (χ0) is 16.8. The second-order valence-corrected chi connectivity index (χ2v) is 6.13. The minimum Gasteiger partial charge on any atom is -0.378 e. The molecule has 0 aliphatic carbocycles. The molecule has 2 amide bonds. The lowest BCUT2D eigenvalue weighted by Crippen LogP contribution is -2.44. The summed E-state index contributed by atoms with van der Waals surface area (Å²) in [6, 6.07) is 7.13. The molecular weight excluding hydrogens is 326 g/mol. The molecule has 6 nitrogen and oxygen atoms in total. The maximum Gasteiger partial charge on any atom is 0.270 e. The summed E-state index contributed by atoms with van der Waals surface area (Å²) in [4.78, 5) is 31.4. The van der Waals surface area contributed by atoms with Gasteiger partial charge >= 0.3 is 0 Å². The van der Waals surface area contributed by atoms with E-state index in [9.17, 15) is 9.59 Å². The fraction of sp³-hybridized carbons (Fsp3) is 0.235. The molecule has 0 spiro atoms. The number of hydrogen-bond acceptors (Lipinski definition) is 5. The highest BCUT2D eigenvalue weighted by atomic mass is 32.1. The minimum atomic E-state index is -0.290. The minimum absolute atomic E-state index is 0.216. The van der Waals surface area contributed by atoms with Crippen molar-refractivity contribution in [1.29, 1.82) is 0 Å². The number of aromatic nitrogens is 1. The van der Waals surface area contributed by atoms with E-state index in [1.54, 1.807) is 41.6 Å². The summed E-state index contributed by atoms with van der Waals surface area (Å²) in [5.74, 6) is -0.506. The van der Waals surface area contributed by atoms with Gasteiger partial charge in [-0.05, 0) is 29.2 Å². The SMILES string of the molecule is O=C(N/C(=C\c1cccnc1)C(=O)N1CCOCC1)c1cccs1. The molecule has 24 heavy (non-hydrogen) atoms. The van der Waals surface area contributed by atoms with Gasteiger partial charge in [-0.2, -0.15) is 0 Å². The van der Waals surface area contributed by atoms with E-state index in [0.717, 1.165) is 5.56 Å². The summed E-state index contributed by atoms with van der Waals surface area (Å²) < 4.78 is 5.28. The summed E-state index contributed by atoms with van der Waals surface area (Å²) in [6.45, 7) is 2.03. The molecule has 0 atom stereocenters. The van der Waals surface area contributed by atoms with Crippen LogP contribution in [0.1, 0.15) is 15.2 Å². The Morgan fingerprint density at radius 1 is 1.25 bits per heavy atom. The van der Waals surface area contributed by atoms with Gasteiger partial charge in [0.15, 0.2) is 0 Å². The van der Waals surface area contributed by atoms with Gasteiger partial charge in [0.2, 0.25) is 0 Å². The highest BCUT2D eigenvalue weighted by molar-refractivity contribution is 7.12. The van der Waals surface area contributed by atoms with Crippen LogP contribution in [-0.4, -0.2) is 48.0 Å². The summed E-state index contributed by atoms with van der Waals surface area (Å²) >= 11 is 1.33. The lowest BCUT2D eigenvalue weighted by molar-refractivity contribution is -0.131. The van der Waals surface area contributed by atoms with E-state index in [1.807, 2.05) is 11.4 Å². The van der Waals surface area contributed by atoms with E-state index in [0.29, 0.717) is 31.2 Å². The molecule has 7 heteroatoms. The Balaban J connectivity index is 1.84. The van der Waals surface area contributed by atoms with E-state index in [4.69, 9.17) is 4.74 Å². The third-order valence-electron chi connectivity index (χ3n) is 3.52. The smallest absolute Gasteiger partial charge is 0.270 e. The Kier molecular flexibility index (Phi) is 5.35. The molecule has 1 N–H and O–H groups in total. The largest absolute Gasteiger partial charge is 0.378 e. The van der Waals surface area contributed by atoms with Gasteiger partial charge in [0.05, 0.1) is 18.1 Å². The van der Waals surface area contributed by atoms with Crippen LogP contribution in [0.25, 0.3) is 6.08 Å². The number of nitrogens with one attached hydrogen (secondary N) is 1. The summed E-state index contributed by atoms with van der Waals surface area (Å²) in [5.41, 5.74) is 0.990. The van der Waals surface area contributed by atoms with E-state index in [1.165, 1.54) is 11.3 Å². The molecule has 124 valence electrons. The molecule has 0 saturated carbocycles. The number of carbonyl (C=O) groups is 2. The first kappa shape index (κ1) is 16.4. The van der Waals surface area contributed by atoms with Crippen molar-refractivity contribution < 1.29 is 14.3 Å². The number of morpholine rings is 1. The number of amides is 2. The zero-order valence-corrected chi connectivity index (χ0v) is 13.8. The first-order chi connectivity index (χ1) is 11.7. The van der Waals surface area contributed by atoms with Crippen LogP contribution in [0.3, 0.4) is 0 Å². The van der Waals surface area contributed by atoms with Crippen molar-refractivity contribution in [3.8, 4) is 0 Å². The highest BCUT2D eigenvalue weighted by Gasteiger charge is 2.22. The fourth-order valence-corrected chi connectivity index (χ4v) is 2.93. The van der Waals surface area contributed by atoms with Gasteiger partial charge in [-0.25, -0.2) is 0 Å². The van der Waals surface area contributed by atoms with E-state index in [-0.39, 0.29) is 17.5 Å². The Bertz CT molecular complexity index is 723. The van der Waals surface area contributed by atoms with Crippen molar-refractivity contribution in [3.05, 3.63) is 58.2 Å². The monoisotopic (exact) mass is 343 g/mol. The Hall–Kier alpha value is -2.51. The lowest BCUT2D eigenvalue weighted by Gasteiger charge is -2.27. The highest BCUT2D eigenvalue weighted by Crippen LogP contribution is 2.12. The molecule has 1 aliphatic rings. The predicted octanol–water partition coefficient (Wildman–Crippen LogP) is 1.77. The van der Waals surface area contributed by atoms with Gasteiger partial charge in [-0.15, -0.1) is 11.3 Å². The number of carbonyl (C=O) groups excluding carboxylic acids is 2. The van der Waals surface area contributed by atoms with Crippen molar-refractivity contribution in [2.24, 2.45) is 0 Å².